The number of piperidine rings is 2. The van der Waals surface area contributed by atoms with E-state index < -0.39 is 0 Å². The number of carbonyl (C=O) groups excluding carboxylic acids is 1. The average molecular weight is 408 g/mol. The van der Waals surface area contributed by atoms with Crippen LogP contribution in [-0.2, 0) is 6.54 Å². The molecule has 5 nitrogen and oxygen atoms in total. The Morgan fingerprint density at radius 3 is 2.53 bits per heavy atom. The van der Waals surface area contributed by atoms with Crippen LogP contribution in [-0.4, -0.2) is 54.2 Å². The lowest BCUT2D eigenvalue weighted by molar-refractivity contribution is 0.0474. The molecule has 1 atom stereocenters. The van der Waals surface area contributed by atoms with Gasteiger partial charge < -0.3 is 20.2 Å². The van der Waals surface area contributed by atoms with Crippen molar-refractivity contribution < 1.29 is 9.90 Å². The van der Waals surface area contributed by atoms with Gasteiger partial charge in [0.2, 0.25) is 0 Å². The van der Waals surface area contributed by atoms with Gasteiger partial charge >= 0.3 is 0 Å². The molecule has 4 rings (SSSR count). The Morgan fingerprint density at radius 2 is 1.83 bits per heavy atom. The standard InChI is InChI=1S/C25H33N3O2/c1-19-4-2-5-20(16-19)17-26-22-11-14-27(15-12-22)23-9-7-21(8-10-23)25(30)28-13-3-6-24(29)18-28/h2,4-5,7-10,16,22,24,26,29H,3,6,11-15,17-18H2,1H3/t24-/m0/s1. The molecule has 0 unspecified atom stereocenters. The first kappa shape index (κ1) is 20.9. The highest BCUT2D eigenvalue weighted by Gasteiger charge is 2.24. The van der Waals surface area contributed by atoms with Crippen LogP contribution >= 0.6 is 0 Å². The van der Waals surface area contributed by atoms with E-state index >= 15 is 0 Å². The number of nitrogens with one attached hydrogen (secondary N) is 1. The summed E-state index contributed by atoms with van der Waals surface area (Å²) in [6.45, 7) is 6.30. The Kier molecular flexibility index (Phi) is 6.70. The summed E-state index contributed by atoms with van der Waals surface area (Å²) in [6, 6.07) is 17.2. The third-order valence-electron chi connectivity index (χ3n) is 6.34. The number of β-amino-alcohol motifs (C(OH)–C–C–N with tert-alkyl or cyclic N) is 1. The van der Waals surface area contributed by atoms with Gasteiger partial charge in [-0.25, -0.2) is 0 Å². The predicted molar refractivity (Wildman–Crippen MR) is 121 cm³/mol. The van der Waals surface area contributed by atoms with Gasteiger partial charge in [-0.15, -0.1) is 0 Å². The van der Waals surface area contributed by atoms with Gasteiger partial charge in [0.1, 0.15) is 0 Å². The second-order valence-electron chi connectivity index (χ2n) is 8.73. The number of hydrogen-bond acceptors (Lipinski definition) is 4. The summed E-state index contributed by atoms with van der Waals surface area (Å²) in [7, 11) is 0. The molecule has 2 aromatic rings. The number of hydrogen-bond donors (Lipinski definition) is 2. The molecule has 2 heterocycles. The Morgan fingerprint density at radius 1 is 1.07 bits per heavy atom. The van der Waals surface area contributed by atoms with Crippen LogP contribution in [0.15, 0.2) is 48.5 Å². The molecule has 0 radical (unpaired) electrons. The highest BCUT2D eigenvalue weighted by Crippen LogP contribution is 2.22. The second kappa shape index (κ2) is 9.63. The lowest BCUT2D eigenvalue weighted by Crippen LogP contribution is -2.42. The van der Waals surface area contributed by atoms with Crippen molar-refractivity contribution in [3.05, 3.63) is 65.2 Å². The Bertz CT molecular complexity index is 844. The van der Waals surface area contributed by atoms with Crippen molar-refractivity contribution in [2.24, 2.45) is 0 Å². The number of aryl methyl sites for hydroxylation is 1. The van der Waals surface area contributed by atoms with Gasteiger partial charge in [-0.2, -0.15) is 0 Å². The summed E-state index contributed by atoms with van der Waals surface area (Å²) < 4.78 is 0. The van der Waals surface area contributed by atoms with E-state index in [9.17, 15) is 9.90 Å². The fourth-order valence-electron chi connectivity index (χ4n) is 4.56. The third kappa shape index (κ3) is 5.21. The number of aliphatic hydroxyl groups excluding tert-OH is 1. The maximum Gasteiger partial charge on any atom is 0.253 e. The maximum atomic E-state index is 12.7. The molecule has 5 heteroatoms. The molecule has 1 amide bonds. The average Bonchev–Trinajstić information content (AvgIpc) is 2.78. The van der Waals surface area contributed by atoms with Gasteiger partial charge in [0.25, 0.3) is 5.91 Å². The highest BCUT2D eigenvalue weighted by molar-refractivity contribution is 5.94. The zero-order chi connectivity index (χ0) is 20.9. The third-order valence-corrected chi connectivity index (χ3v) is 6.34. The summed E-state index contributed by atoms with van der Waals surface area (Å²) >= 11 is 0. The first-order valence-electron chi connectivity index (χ1n) is 11.2. The van der Waals surface area contributed by atoms with E-state index in [0.717, 1.165) is 51.9 Å². The quantitative estimate of drug-likeness (QED) is 0.798. The number of likely N-dealkylation sites (tertiary alicyclic amines) is 1. The van der Waals surface area contributed by atoms with Crippen molar-refractivity contribution in [2.45, 2.75) is 51.3 Å². The van der Waals surface area contributed by atoms with Gasteiger partial charge in [0.05, 0.1) is 6.10 Å². The Labute approximate surface area is 179 Å². The van der Waals surface area contributed by atoms with Crippen LogP contribution in [0.5, 0.6) is 0 Å². The summed E-state index contributed by atoms with van der Waals surface area (Å²) in [6.07, 6.45) is 3.52. The number of amides is 1. The van der Waals surface area contributed by atoms with E-state index in [1.807, 2.05) is 12.1 Å². The number of aliphatic hydroxyl groups is 1. The molecule has 2 saturated heterocycles. The van der Waals surface area contributed by atoms with E-state index in [2.05, 4.69) is 53.5 Å². The van der Waals surface area contributed by atoms with E-state index in [1.54, 1.807) is 4.90 Å². The minimum Gasteiger partial charge on any atom is -0.391 e. The second-order valence-corrected chi connectivity index (χ2v) is 8.73. The largest absolute Gasteiger partial charge is 0.391 e. The van der Waals surface area contributed by atoms with Gasteiger partial charge in [0, 0.05) is 50.0 Å². The Balaban J connectivity index is 1.27. The van der Waals surface area contributed by atoms with Gasteiger partial charge in [-0.05, 0) is 62.4 Å². The van der Waals surface area contributed by atoms with Crippen molar-refractivity contribution >= 4 is 11.6 Å². The Hall–Kier alpha value is -2.37. The minimum atomic E-state index is -0.386. The normalized spacial score (nSPS) is 20.4. The smallest absolute Gasteiger partial charge is 0.253 e. The number of anilines is 1. The molecular weight excluding hydrogens is 374 g/mol. The van der Waals surface area contributed by atoms with Crippen molar-refractivity contribution in [3.8, 4) is 0 Å². The van der Waals surface area contributed by atoms with Crippen LogP contribution in [0.4, 0.5) is 5.69 Å². The SMILES string of the molecule is Cc1cccc(CNC2CCN(c3ccc(C(=O)N4CCC[C@H](O)C4)cc3)CC2)c1. The van der Waals surface area contributed by atoms with E-state index in [-0.39, 0.29) is 12.0 Å². The molecule has 2 aliphatic heterocycles. The molecule has 30 heavy (non-hydrogen) atoms. The molecule has 0 saturated carbocycles. The molecule has 2 fully saturated rings. The minimum absolute atomic E-state index is 0.0272. The fraction of sp³-hybridized carbons (Fsp3) is 0.480. The number of rotatable bonds is 5. The molecule has 0 bridgehead atoms. The van der Waals surface area contributed by atoms with Gasteiger partial charge in [-0.3, -0.25) is 4.79 Å². The van der Waals surface area contributed by atoms with Crippen LogP contribution in [0.3, 0.4) is 0 Å². The zero-order valence-electron chi connectivity index (χ0n) is 17.9. The lowest BCUT2D eigenvalue weighted by atomic mass is 10.0. The molecule has 0 aromatic heterocycles. The van der Waals surface area contributed by atoms with E-state index in [1.165, 1.54) is 16.8 Å². The molecular formula is C25H33N3O2. The van der Waals surface area contributed by atoms with Crippen molar-refractivity contribution in [3.63, 3.8) is 0 Å². The van der Waals surface area contributed by atoms with Crippen molar-refractivity contribution in [1.29, 1.82) is 0 Å². The van der Waals surface area contributed by atoms with Crippen LogP contribution in [0.1, 0.15) is 47.2 Å². The monoisotopic (exact) mass is 407 g/mol. The van der Waals surface area contributed by atoms with Gasteiger partial charge in [-0.1, -0.05) is 29.8 Å². The lowest BCUT2D eigenvalue weighted by Gasteiger charge is -2.34. The van der Waals surface area contributed by atoms with Gasteiger partial charge in [0.15, 0.2) is 0 Å². The predicted octanol–water partition coefficient (Wildman–Crippen LogP) is 3.35. The van der Waals surface area contributed by atoms with Crippen LogP contribution in [0.2, 0.25) is 0 Å². The maximum absolute atomic E-state index is 12.7. The summed E-state index contributed by atoms with van der Waals surface area (Å²) in [5.74, 6) is 0.0272. The topological polar surface area (TPSA) is 55.8 Å². The fourth-order valence-corrected chi connectivity index (χ4v) is 4.56. The molecule has 0 spiro atoms. The number of benzene rings is 2. The van der Waals surface area contributed by atoms with Crippen LogP contribution in [0, 0.1) is 6.92 Å². The highest BCUT2D eigenvalue weighted by atomic mass is 16.3. The summed E-state index contributed by atoms with van der Waals surface area (Å²) in [5, 5.41) is 13.5. The molecule has 0 aliphatic carbocycles. The van der Waals surface area contributed by atoms with Crippen LogP contribution in [0.25, 0.3) is 0 Å². The van der Waals surface area contributed by atoms with E-state index in [4.69, 9.17) is 0 Å². The van der Waals surface area contributed by atoms with Crippen molar-refractivity contribution in [2.75, 3.05) is 31.1 Å². The van der Waals surface area contributed by atoms with Crippen LogP contribution < -0.4 is 10.2 Å². The summed E-state index contributed by atoms with van der Waals surface area (Å²) in [4.78, 5) is 16.9. The first-order valence-corrected chi connectivity index (χ1v) is 11.2. The molecule has 160 valence electrons. The number of carbonyl (C=O) groups is 1. The first-order chi connectivity index (χ1) is 14.6. The summed E-state index contributed by atoms with van der Waals surface area (Å²) in [5.41, 5.74) is 4.55. The molecule has 2 aliphatic rings. The molecule has 2 N–H and O–H groups in total. The number of nitrogens with zero attached hydrogens (tertiary/aromatic N) is 2. The van der Waals surface area contributed by atoms with Crippen molar-refractivity contribution in [1.82, 2.24) is 10.2 Å². The van der Waals surface area contributed by atoms with E-state index in [0.29, 0.717) is 18.2 Å². The zero-order valence-corrected chi connectivity index (χ0v) is 17.9. The molecule has 2 aromatic carbocycles.